The number of aromatic nitrogens is 2. The summed E-state index contributed by atoms with van der Waals surface area (Å²) in [6.07, 6.45) is 0.534. The summed E-state index contributed by atoms with van der Waals surface area (Å²) in [5, 5.41) is 34.8. The monoisotopic (exact) mass is 214 g/mol. The number of hydrogen-bond acceptors (Lipinski definition) is 5. The Kier molecular flexibility index (Phi) is 3.01. The Morgan fingerprint density at radius 2 is 2.27 bits per heavy atom. The van der Waals surface area contributed by atoms with Crippen LogP contribution in [0, 0.1) is 0 Å². The van der Waals surface area contributed by atoms with Crippen LogP contribution in [0.25, 0.3) is 0 Å². The molecular weight excluding hydrogens is 200 g/mol. The predicted octanol–water partition coefficient (Wildman–Crippen LogP) is -1.39. The molecule has 2 rings (SSSR count). The van der Waals surface area contributed by atoms with E-state index in [9.17, 15) is 10.2 Å². The van der Waals surface area contributed by atoms with Gasteiger partial charge in [-0.15, -0.1) is 0 Å². The van der Waals surface area contributed by atoms with Gasteiger partial charge in [0.05, 0.1) is 25.5 Å². The van der Waals surface area contributed by atoms with Crippen LogP contribution in [0.1, 0.15) is 11.5 Å². The number of hydrogen-bond donors (Lipinski definition) is 4. The van der Waals surface area contributed by atoms with E-state index >= 15 is 0 Å². The van der Waals surface area contributed by atoms with Crippen LogP contribution in [0.5, 0.6) is 0 Å². The van der Waals surface area contributed by atoms with Crippen molar-refractivity contribution in [1.29, 1.82) is 0 Å². The zero-order chi connectivity index (χ0) is 10.8. The number of H-pyrrole nitrogens is 1. The highest BCUT2D eigenvalue weighted by Crippen LogP contribution is 2.28. The van der Waals surface area contributed by atoms with Gasteiger partial charge in [0.15, 0.2) is 0 Å². The molecule has 0 amide bonds. The smallest absolute Gasteiger partial charge is 0.109 e. The van der Waals surface area contributed by atoms with E-state index in [0.717, 1.165) is 5.56 Å². The molecular formula is C9H14N2O4. The van der Waals surface area contributed by atoms with Crippen molar-refractivity contribution in [3.05, 3.63) is 18.0 Å². The van der Waals surface area contributed by atoms with E-state index in [-0.39, 0.29) is 19.1 Å². The third-order valence-corrected chi connectivity index (χ3v) is 2.76. The second kappa shape index (κ2) is 4.28. The Bertz CT molecular complexity index is 303. The maximum Gasteiger partial charge on any atom is 0.109 e. The van der Waals surface area contributed by atoms with Gasteiger partial charge < -0.3 is 20.1 Å². The maximum atomic E-state index is 9.83. The van der Waals surface area contributed by atoms with Crippen molar-refractivity contribution in [3.63, 3.8) is 0 Å². The van der Waals surface area contributed by atoms with E-state index < -0.39 is 18.3 Å². The third kappa shape index (κ3) is 1.89. The minimum Gasteiger partial charge on any atom is -0.394 e. The van der Waals surface area contributed by atoms with E-state index in [1.807, 2.05) is 0 Å². The van der Waals surface area contributed by atoms with E-state index in [4.69, 9.17) is 9.84 Å². The summed E-state index contributed by atoms with van der Waals surface area (Å²) in [6.45, 7) is -0.0285. The minimum absolute atomic E-state index is 0.267. The zero-order valence-corrected chi connectivity index (χ0v) is 8.08. The molecule has 0 saturated carbocycles. The lowest BCUT2D eigenvalue weighted by Gasteiger charge is -2.36. The Balaban J connectivity index is 2.11. The first kappa shape index (κ1) is 10.6. The van der Waals surface area contributed by atoms with Crippen LogP contribution >= 0.6 is 0 Å². The standard InChI is InChI=1S/C9H14N2O4/c12-3-7-9(14)8(13)6(4-15-7)5-1-10-11-2-5/h1-2,6-9,12-14H,3-4H2,(H,10,11)/t6-,7+,8+,9-/m0/s1. The van der Waals surface area contributed by atoms with Crippen LogP contribution in [0.2, 0.25) is 0 Å². The highest BCUT2D eigenvalue weighted by atomic mass is 16.5. The average Bonchev–Trinajstić information content (AvgIpc) is 2.75. The van der Waals surface area contributed by atoms with Gasteiger partial charge in [0.25, 0.3) is 0 Å². The molecule has 1 aromatic heterocycles. The molecule has 1 aromatic rings. The van der Waals surface area contributed by atoms with Crippen molar-refractivity contribution in [3.8, 4) is 0 Å². The predicted molar refractivity (Wildman–Crippen MR) is 50.2 cm³/mol. The number of nitrogens with zero attached hydrogens (tertiary/aromatic N) is 1. The molecule has 6 nitrogen and oxygen atoms in total. The second-order valence-electron chi connectivity index (χ2n) is 3.67. The van der Waals surface area contributed by atoms with Crippen LogP contribution in [-0.4, -0.2) is 57.0 Å². The first-order valence-corrected chi connectivity index (χ1v) is 4.81. The molecule has 0 aliphatic carbocycles. The lowest BCUT2D eigenvalue weighted by molar-refractivity contribution is -0.158. The maximum absolute atomic E-state index is 9.83. The molecule has 0 radical (unpaired) electrons. The van der Waals surface area contributed by atoms with Gasteiger partial charge in [0.2, 0.25) is 0 Å². The summed E-state index contributed by atoms with van der Waals surface area (Å²) in [7, 11) is 0. The van der Waals surface area contributed by atoms with E-state index in [0.29, 0.717) is 0 Å². The number of nitrogens with one attached hydrogen (secondary N) is 1. The lowest BCUT2D eigenvalue weighted by Crippen LogP contribution is -2.50. The number of ether oxygens (including phenoxy) is 1. The van der Waals surface area contributed by atoms with Crippen molar-refractivity contribution < 1.29 is 20.1 Å². The normalized spacial score (nSPS) is 36.7. The van der Waals surface area contributed by atoms with Gasteiger partial charge in [-0.05, 0) is 5.56 Å². The molecule has 1 saturated heterocycles. The fourth-order valence-corrected chi connectivity index (χ4v) is 1.80. The molecule has 4 atom stereocenters. The molecule has 4 N–H and O–H groups in total. The summed E-state index contributed by atoms with van der Waals surface area (Å²) < 4.78 is 5.24. The highest BCUT2D eigenvalue weighted by Gasteiger charge is 2.38. The Labute approximate surface area is 86.5 Å². The van der Waals surface area contributed by atoms with Gasteiger partial charge in [-0.3, -0.25) is 5.10 Å². The summed E-state index contributed by atoms with van der Waals surface area (Å²) in [6, 6.07) is 0. The molecule has 1 aliphatic heterocycles. The van der Waals surface area contributed by atoms with Crippen LogP contribution in [0.3, 0.4) is 0 Å². The molecule has 1 aliphatic rings. The fourth-order valence-electron chi connectivity index (χ4n) is 1.80. The quantitative estimate of drug-likeness (QED) is 0.485. The van der Waals surface area contributed by atoms with Crippen LogP contribution in [0.4, 0.5) is 0 Å². The first-order chi connectivity index (χ1) is 7.24. The van der Waals surface area contributed by atoms with Crippen molar-refractivity contribution in [2.45, 2.75) is 24.2 Å². The molecule has 6 heteroatoms. The SMILES string of the molecule is OC[C@H]1OC[C@@H](c2cn[nH]c2)[C@@H](O)[C@H]1O. The van der Waals surface area contributed by atoms with E-state index in [1.54, 1.807) is 12.4 Å². The summed E-state index contributed by atoms with van der Waals surface area (Å²) in [5.74, 6) is -0.304. The topological polar surface area (TPSA) is 98.6 Å². The van der Waals surface area contributed by atoms with Crippen LogP contribution in [-0.2, 0) is 4.74 Å². The Hall–Kier alpha value is -0.950. The van der Waals surface area contributed by atoms with Crippen molar-refractivity contribution >= 4 is 0 Å². The van der Waals surface area contributed by atoms with E-state index in [2.05, 4.69) is 10.2 Å². The van der Waals surface area contributed by atoms with Gasteiger partial charge in [-0.2, -0.15) is 5.10 Å². The Morgan fingerprint density at radius 1 is 1.47 bits per heavy atom. The number of aromatic amines is 1. The minimum atomic E-state index is -1.07. The molecule has 1 fully saturated rings. The summed E-state index contributed by atoms with van der Waals surface area (Å²) in [5.41, 5.74) is 0.790. The lowest BCUT2D eigenvalue weighted by atomic mass is 9.88. The van der Waals surface area contributed by atoms with Gasteiger partial charge in [0, 0.05) is 12.1 Å². The van der Waals surface area contributed by atoms with Crippen molar-refractivity contribution in [2.75, 3.05) is 13.2 Å². The number of aliphatic hydroxyl groups excluding tert-OH is 3. The third-order valence-electron chi connectivity index (χ3n) is 2.76. The van der Waals surface area contributed by atoms with Crippen molar-refractivity contribution in [1.82, 2.24) is 10.2 Å². The van der Waals surface area contributed by atoms with E-state index in [1.165, 1.54) is 0 Å². The fraction of sp³-hybridized carbons (Fsp3) is 0.667. The average molecular weight is 214 g/mol. The summed E-state index contributed by atoms with van der Waals surface area (Å²) in [4.78, 5) is 0. The molecule has 0 spiro atoms. The first-order valence-electron chi connectivity index (χ1n) is 4.81. The van der Waals surface area contributed by atoms with Gasteiger partial charge >= 0.3 is 0 Å². The van der Waals surface area contributed by atoms with Crippen LogP contribution < -0.4 is 0 Å². The molecule has 2 heterocycles. The Morgan fingerprint density at radius 3 is 2.87 bits per heavy atom. The summed E-state index contributed by atoms with van der Waals surface area (Å²) >= 11 is 0. The van der Waals surface area contributed by atoms with Gasteiger partial charge in [-0.1, -0.05) is 0 Å². The largest absolute Gasteiger partial charge is 0.394 e. The zero-order valence-electron chi connectivity index (χ0n) is 8.08. The molecule has 84 valence electrons. The van der Waals surface area contributed by atoms with Gasteiger partial charge in [0.1, 0.15) is 12.2 Å². The molecule has 15 heavy (non-hydrogen) atoms. The second-order valence-corrected chi connectivity index (χ2v) is 3.67. The van der Waals surface area contributed by atoms with Crippen LogP contribution in [0.15, 0.2) is 12.4 Å². The molecule has 0 aromatic carbocycles. The van der Waals surface area contributed by atoms with Gasteiger partial charge in [-0.25, -0.2) is 0 Å². The van der Waals surface area contributed by atoms with Crippen molar-refractivity contribution in [2.24, 2.45) is 0 Å². The highest BCUT2D eigenvalue weighted by molar-refractivity contribution is 5.15. The number of aliphatic hydroxyl groups is 3. The molecule has 0 bridgehead atoms. The molecule has 0 unspecified atom stereocenters. The number of rotatable bonds is 2.